The number of rotatable bonds is 6. The van der Waals surface area contributed by atoms with E-state index in [-0.39, 0.29) is 41.6 Å². The highest BCUT2D eigenvalue weighted by atomic mass is 19.2. The molecule has 0 radical (unpaired) electrons. The summed E-state index contributed by atoms with van der Waals surface area (Å²) >= 11 is 0. The highest BCUT2D eigenvalue weighted by Gasteiger charge is 2.48. The van der Waals surface area contributed by atoms with E-state index in [9.17, 15) is 23.2 Å². The first-order valence-electron chi connectivity index (χ1n) is 12.9. The average Bonchev–Trinajstić information content (AvgIpc) is 3.40. The largest absolute Gasteiger partial charge is 0.508 e. The quantitative estimate of drug-likeness (QED) is 0.531. The maximum atomic E-state index is 13.4. The van der Waals surface area contributed by atoms with Crippen LogP contribution in [-0.2, 0) is 14.4 Å². The Kier molecular flexibility index (Phi) is 10.4. The molecule has 3 amide bonds. The molecule has 2 heterocycles. The molecule has 0 bridgehead atoms. The van der Waals surface area contributed by atoms with Gasteiger partial charge in [-0.1, -0.05) is 34.6 Å². The van der Waals surface area contributed by atoms with Crippen LogP contribution in [0.15, 0.2) is 18.2 Å². The minimum Gasteiger partial charge on any atom is -0.508 e. The molecule has 10 heteroatoms. The molecule has 0 saturated carbocycles. The fourth-order valence-corrected chi connectivity index (χ4v) is 4.73. The predicted molar refractivity (Wildman–Crippen MR) is 138 cm³/mol. The van der Waals surface area contributed by atoms with Gasteiger partial charge in [-0.3, -0.25) is 14.4 Å². The van der Waals surface area contributed by atoms with Crippen molar-refractivity contribution in [2.75, 3.05) is 20.1 Å². The van der Waals surface area contributed by atoms with Crippen molar-refractivity contribution < 1.29 is 28.3 Å². The Morgan fingerprint density at radius 2 is 1.59 bits per heavy atom. The zero-order valence-electron chi connectivity index (χ0n) is 23.0. The van der Waals surface area contributed by atoms with Gasteiger partial charge in [0.2, 0.25) is 17.7 Å². The number of hydrogen-bond acceptors (Lipinski definition) is 5. The second kappa shape index (κ2) is 12.7. The Morgan fingerprint density at radius 3 is 2.08 bits per heavy atom. The number of benzene rings is 1. The molecule has 2 aliphatic rings. The molecule has 208 valence electrons. The lowest BCUT2D eigenvalue weighted by molar-refractivity contribution is -0.140. The van der Waals surface area contributed by atoms with Gasteiger partial charge in [-0.15, -0.1) is 0 Å². The van der Waals surface area contributed by atoms with Gasteiger partial charge in [-0.05, 0) is 50.3 Å². The van der Waals surface area contributed by atoms with Crippen LogP contribution in [0.3, 0.4) is 0 Å². The number of fused-ring (bicyclic) bond motifs is 1. The summed E-state index contributed by atoms with van der Waals surface area (Å²) in [6.07, 6.45) is 2.19. The van der Waals surface area contributed by atoms with Crippen LogP contribution in [0, 0.1) is 23.0 Å². The summed E-state index contributed by atoms with van der Waals surface area (Å²) < 4.78 is 24.1. The fourth-order valence-electron chi connectivity index (χ4n) is 4.73. The molecule has 1 unspecified atom stereocenters. The molecular weight excluding hydrogens is 482 g/mol. The van der Waals surface area contributed by atoms with E-state index in [4.69, 9.17) is 5.11 Å². The first-order valence-corrected chi connectivity index (χ1v) is 12.9. The number of halogens is 2. The number of aromatic hydroxyl groups is 1. The summed E-state index contributed by atoms with van der Waals surface area (Å²) in [7, 11) is 1.73. The first-order chi connectivity index (χ1) is 17.2. The van der Waals surface area contributed by atoms with E-state index in [0.717, 1.165) is 31.0 Å². The van der Waals surface area contributed by atoms with Crippen molar-refractivity contribution >= 4 is 17.7 Å². The van der Waals surface area contributed by atoms with Gasteiger partial charge in [-0.25, -0.2) is 8.78 Å². The topological polar surface area (TPSA) is 102 Å². The number of amides is 3. The van der Waals surface area contributed by atoms with E-state index in [1.807, 2.05) is 30.6 Å². The van der Waals surface area contributed by atoms with E-state index in [1.54, 1.807) is 14.0 Å². The van der Waals surface area contributed by atoms with E-state index in [0.29, 0.717) is 25.4 Å². The van der Waals surface area contributed by atoms with E-state index >= 15 is 0 Å². The molecule has 4 atom stereocenters. The molecule has 0 aromatic heterocycles. The molecule has 1 aromatic rings. The molecule has 3 N–H and O–H groups in total. The molecule has 0 spiro atoms. The van der Waals surface area contributed by atoms with Crippen molar-refractivity contribution in [2.24, 2.45) is 11.3 Å². The number of nitrogens with one attached hydrogen (secondary N) is 2. The number of likely N-dealkylation sites (tertiary alicyclic amines) is 2. The van der Waals surface area contributed by atoms with Crippen LogP contribution < -0.4 is 10.6 Å². The summed E-state index contributed by atoms with van der Waals surface area (Å²) in [5.41, 5.74) is -0.399. The van der Waals surface area contributed by atoms with E-state index < -0.39 is 23.1 Å². The number of likely N-dealkylation sites (N-methyl/N-ethyl adjacent to an activating group) is 1. The number of nitrogens with zero attached hydrogens (tertiary/aromatic N) is 2. The van der Waals surface area contributed by atoms with Crippen LogP contribution in [0.25, 0.3) is 0 Å². The lowest BCUT2D eigenvalue weighted by atomic mass is 9.85. The van der Waals surface area contributed by atoms with Crippen molar-refractivity contribution in [3.63, 3.8) is 0 Å². The fraction of sp³-hybridized carbons (Fsp3) is 0.667. The summed E-state index contributed by atoms with van der Waals surface area (Å²) in [5.74, 6) is -1.93. The maximum Gasteiger partial charge on any atom is 0.246 e. The van der Waals surface area contributed by atoms with Crippen molar-refractivity contribution in [2.45, 2.75) is 85.0 Å². The third-order valence-electron chi connectivity index (χ3n) is 6.89. The number of carbonyl (C=O) groups excluding carboxylic acids is 3. The zero-order valence-corrected chi connectivity index (χ0v) is 23.0. The first kappa shape index (κ1) is 30.5. The van der Waals surface area contributed by atoms with Crippen molar-refractivity contribution in [3.05, 3.63) is 29.8 Å². The van der Waals surface area contributed by atoms with Crippen LogP contribution in [0.2, 0.25) is 0 Å². The van der Waals surface area contributed by atoms with Crippen molar-refractivity contribution in [1.29, 1.82) is 0 Å². The van der Waals surface area contributed by atoms with E-state index in [1.165, 1.54) is 0 Å². The molecule has 37 heavy (non-hydrogen) atoms. The standard InChI is InChI=1S/C21H38N4O3.C6H4F2O/c1-13(2)12-17(26)24-10-8-16-15(24)9-11-25(16)20(28)18(21(4,5)6)23-19(27)14(3)22-7;7-5-2-1-4(9)3-6(5)8/h13-16,18,22H,8-12H2,1-7H3,(H,23,27);1-3,9H/t14-,15+,16+,18?;/m0./s1. The number of phenols is 1. The third kappa shape index (κ3) is 7.87. The Balaban J connectivity index is 0.000000449. The zero-order chi connectivity index (χ0) is 28.1. The smallest absolute Gasteiger partial charge is 0.246 e. The lowest BCUT2D eigenvalue weighted by Crippen LogP contribution is -2.58. The molecule has 1 aromatic carbocycles. The summed E-state index contributed by atoms with van der Waals surface area (Å²) in [6.45, 7) is 13.2. The average molecular weight is 525 g/mol. The Bertz CT molecular complexity index is 966. The van der Waals surface area contributed by atoms with Crippen LogP contribution in [0.5, 0.6) is 5.75 Å². The molecule has 8 nitrogen and oxygen atoms in total. The highest BCUT2D eigenvalue weighted by molar-refractivity contribution is 5.90. The van der Waals surface area contributed by atoms with Crippen LogP contribution in [-0.4, -0.2) is 76.9 Å². The summed E-state index contributed by atoms with van der Waals surface area (Å²) in [6, 6.07) is 1.89. The molecule has 0 aliphatic carbocycles. The number of phenolic OH excluding ortho intramolecular Hbond substituents is 1. The van der Waals surface area contributed by atoms with Gasteiger partial charge in [-0.2, -0.15) is 0 Å². The SMILES string of the molecule is CN[C@@H](C)C(=O)NC(C(=O)N1CC[C@@H]2[C@H]1CCN2C(=O)CC(C)C)C(C)(C)C.Oc1ccc(F)c(F)c1. The summed E-state index contributed by atoms with van der Waals surface area (Å²) in [4.78, 5) is 42.3. The van der Waals surface area contributed by atoms with Crippen molar-refractivity contribution in [3.8, 4) is 5.75 Å². The minimum absolute atomic E-state index is 0.0326. The maximum absolute atomic E-state index is 13.4. The molecule has 3 rings (SSSR count). The second-order valence-corrected chi connectivity index (χ2v) is 11.3. The molecular formula is C27H42F2N4O4. The molecule has 2 fully saturated rings. The normalized spacial score (nSPS) is 20.7. The summed E-state index contributed by atoms with van der Waals surface area (Å²) in [5, 5.41) is 14.4. The van der Waals surface area contributed by atoms with E-state index in [2.05, 4.69) is 24.5 Å². The predicted octanol–water partition coefficient (Wildman–Crippen LogP) is 3.04. The monoisotopic (exact) mass is 524 g/mol. The van der Waals surface area contributed by atoms with Crippen molar-refractivity contribution in [1.82, 2.24) is 20.4 Å². The molecule has 2 saturated heterocycles. The van der Waals surface area contributed by atoms with Gasteiger partial charge in [0.25, 0.3) is 0 Å². The van der Waals surface area contributed by atoms with Crippen LogP contribution in [0.4, 0.5) is 8.78 Å². The third-order valence-corrected chi connectivity index (χ3v) is 6.89. The molecule has 2 aliphatic heterocycles. The number of hydrogen-bond donors (Lipinski definition) is 3. The Labute approximate surface area is 218 Å². The van der Waals surface area contributed by atoms with Gasteiger partial charge in [0.05, 0.1) is 18.1 Å². The Morgan fingerprint density at radius 1 is 1.03 bits per heavy atom. The van der Waals surface area contributed by atoms with Gasteiger partial charge in [0.15, 0.2) is 11.6 Å². The highest BCUT2D eigenvalue weighted by Crippen LogP contribution is 2.34. The lowest BCUT2D eigenvalue weighted by Gasteiger charge is -2.36. The van der Waals surface area contributed by atoms with Crippen LogP contribution in [0.1, 0.15) is 60.8 Å². The minimum atomic E-state index is -1.03. The van der Waals surface area contributed by atoms with Gasteiger partial charge in [0, 0.05) is 25.6 Å². The Hall–Kier alpha value is -2.75. The van der Waals surface area contributed by atoms with Gasteiger partial charge >= 0.3 is 0 Å². The van der Waals surface area contributed by atoms with Gasteiger partial charge in [0.1, 0.15) is 11.8 Å². The second-order valence-electron chi connectivity index (χ2n) is 11.3. The number of carbonyl (C=O) groups is 3. The van der Waals surface area contributed by atoms with Crippen LogP contribution >= 0.6 is 0 Å². The van der Waals surface area contributed by atoms with Gasteiger partial charge < -0.3 is 25.5 Å².